The van der Waals surface area contributed by atoms with Crippen LogP contribution in [0.2, 0.25) is 5.02 Å². The molecule has 0 fully saturated rings. The fraction of sp³-hybridized carbons (Fsp3) is 0. The van der Waals surface area contributed by atoms with Crippen molar-refractivity contribution in [1.29, 1.82) is 10.8 Å². The van der Waals surface area contributed by atoms with Gasteiger partial charge in [0.15, 0.2) is 0 Å². The number of anilines is 1. The molecule has 3 N–H and O–H groups in total. The van der Waals surface area contributed by atoms with E-state index in [1.165, 1.54) is 12.1 Å². The molecule has 0 saturated heterocycles. The summed E-state index contributed by atoms with van der Waals surface area (Å²) < 4.78 is 0. The van der Waals surface area contributed by atoms with E-state index >= 15 is 0 Å². The van der Waals surface area contributed by atoms with Gasteiger partial charge in [0.1, 0.15) is 5.75 Å². The van der Waals surface area contributed by atoms with Crippen LogP contribution in [0.4, 0.5) is 5.69 Å². The first kappa shape index (κ1) is 9.53. The fourth-order valence-corrected chi connectivity index (χ4v) is 0.706. The van der Waals surface area contributed by atoms with Crippen LogP contribution in [0.15, 0.2) is 18.2 Å². The molecule has 0 aliphatic heterocycles. The van der Waals surface area contributed by atoms with E-state index in [0.717, 1.165) is 0 Å². The lowest BCUT2D eigenvalue weighted by atomic mass is 10.3. The highest BCUT2D eigenvalue weighted by molar-refractivity contribution is 6.30. The number of nitrogens with two attached hydrogens (primary N) is 1. The van der Waals surface area contributed by atoms with Gasteiger partial charge in [0.25, 0.3) is 0 Å². The molecule has 1 rings (SSSR count). The lowest BCUT2D eigenvalue weighted by Crippen LogP contribution is -1.83. The Kier molecular flexibility index (Phi) is 3.78. The third kappa shape index (κ3) is 2.74. The average molecular weight is 172 g/mol. The van der Waals surface area contributed by atoms with Gasteiger partial charge in [-0.3, -0.25) is 0 Å². The van der Waals surface area contributed by atoms with Gasteiger partial charge >= 0.3 is 0 Å². The van der Waals surface area contributed by atoms with Crippen LogP contribution in [0.1, 0.15) is 0 Å². The number of rotatable bonds is 0. The largest absolute Gasteiger partial charge is 0.506 e. The zero-order chi connectivity index (χ0) is 8.85. The summed E-state index contributed by atoms with van der Waals surface area (Å²) >= 11 is 5.53. The van der Waals surface area contributed by atoms with Crippen LogP contribution in [-0.2, 0) is 0 Å². The number of nitrogens with zero attached hydrogens (tertiary/aromatic N) is 2. The van der Waals surface area contributed by atoms with Crippen molar-refractivity contribution in [3.8, 4) is 5.75 Å². The van der Waals surface area contributed by atoms with Crippen molar-refractivity contribution in [1.82, 2.24) is 0 Å². The molecule has 11 heavy (non-hydrogen) atoms. The molecule has 1 aromatic carbocycles. The van der Waals surface area contributed by atoms with Crippen LogP contribution in [0.25, 0.3) is 0 Å². The molecular formula is C6H6ClN3O. The summed E-state index contributed by atoms with van der Waals surface area (Å²) in [5, 5.41) is 21.4. The number of hydrogen-bond donors (Lipinski definition) is 2. The lowest BCUT2D eigenvalue weighted by Gasteiger charge is -1.95. The Balaban J connectivity index is 0.000000461. The quantitative estimate of drug-likeness (QED) is 0.353. The third-order valence-electron chi connectivity index (χ3n) is 0.990. The van der Waals surface area contributed by atoms with E-state index in [2.05, 4.69) is 0 Å². The van der Waals surface area contributed by atoms with E-state index in [1.54, 1.807) is 6.07 Å². The Morgan fingerprint density at radius 3 is 2.27 bits per heavy atom. The molecule has 0 spiro atoms. The van der Waals surface area contributed by atoms with Gasteiger partial charge < -0.3 is 10.8 Å². The second-order valence-electron chi connectivity index (χ2n) is 1.70. The second-order valence-corrected chi connectivity index (χ2v) is 2.14. The van der Waals surface area contributed by atoms with Crippen molar-refractivity contribution in [2.24, 2.45) is 0 Å². The summed E-state index contributed by atoms with van der Waals surface area (Å²) in [5.74, 6) is 0.0689. The van der Waals surface area contributed by atoms with Crippen molar-refractivity contribution >= 4 is 17.3 Å². The van der Waals surface area contributed by atoms with Gasteiger partial charge in [-0.25, -0.2) is 0 Å². The van der Waals surface area contributed by atoms with E-state index in [-0.39, 0.29) is 5.75 Å². The number of phenols is 1. The molecule has 0 unspecified atom stereocenters. The van der Waals surface area contributed by atoms with Crippen molar-refractivity contribution in [2.45, 2.75) is 0 Å². The number of phenolic OH excluding ortho intramolecular Hbond substituents is 1. The van der Waals surface area contributed by atoms with E-state index in [0.29, 0.717) is 10.7 Å². The van der Waals surface area contributed by atoms with E-state index in [9.17, 15) is 0 Å². The molecular weight excluding hydrogens is 166 g/mol. The van der Waals surface area contributed by atoms with Crippen molar-refractivity contribution in [3.05, 3.63) is 23.2 Å². The average Bonchev–Trinajstić information content (AvgIpc) is 2.02. The molecule has 0 bridgehead atoms. The molecule has 0 atom stereocenters. The number of nitrogen functional groups attached to an aromatic ring is 1. The summed E-state index contributed by atoms with van der Waals surface area (Å²) in [4.78, 5) is 0. The van der Waals surface area contributed by atoms with Gasteiger partial charge in [-0.15, -0.1) is 0 Å². The molecule has 0 amide bonds. The van der Waals surface area contributed by atoms with E-state index < -0.39 is 0 Å². The zero-order valence-corrected chi connectivity index (χ0v) is 6.28. The van der Waals surface area contributed by atoms with E-state index in [1.807, 2.05) is 0 Å². The van der Waals surface area contributed by atoms with Gasteiger partial charge in [0, 0.05) is 15.8 Å². The predicted molar refractivity (Wildman–Crippen MR) is 41.0 cm³/mol. The minimum Gasteiger partial charge on any atom is -0.506 e. The molecule has 58 valence electrons. The molecule has 0 radical (unpaired) electrons. The van der Waals surface area contributed by atoms with Crippen LogP contribution in [-0.4, -0.2) is 5.11 Å². The number of aromatic hydroxyl groups is 1. The summed E-state index contributed by atoms with van der Waals surface area (Å²) in [6.07, 6.45) is 0. The maximum Gasteiger partial charge on any atom is 0.138 e. The van der Waals surface area contributed by atoms with Gasteiger partial charge in [-0.1, -0.05) is 11.6 Å². The molecule has 0 saturated carbocycles. The monoisotopic (exact) mass is 171 g/mol. The van der Waals surface area contributed by atoms with Gasteiger partial charge in [0.2, 0.25) is 0 Å². The molecule has 5 heteroatoms. The molecule has 4 nitrogen and oxygen atoms in total. The second kappa shape index (κ2) is 4.36. The standard InChI is InChI=1S/C6H6ClNO.N2/c7-4-1-2-6(9)5(8)3-4;1-2/h1-3,9H,8H2;. The molecule has 0 aliphatic rings. The van der Waals surface area contributed by atoms with E-state index in [4.69, 9.17) is 33.2 Å². The third-order valence-corrected chi connectivity index (χ3v) is 1.22. The van der Waals surface area contributed by atoms with Crippen LogP contribution in [0, 0.1) is 10.8 Å². The summed E-state index contributed by atoms with van der Waals surface area (Å²) in [6.45, 7) is 0. The Hall–Kier alpha value is -1.47. The van der Waals surface area contributed by atoms with Crippen molar-refractivity contribution in [3.63, 3.8) is 0 Å². The van der Waals surface area contributed by atoms with Gasteiger partial charge in [-0.05, 0) is 18.2 Å². The molecule has 0 aliphatic carbocycles. The van der Waals surface area contributed by atoms with Crippen LogP contribution < -0.4 is 5.73 Å². The first-order chi connectivity index (χ1) is 5.20. The highest BCUT2D eigenvalue weighted by atomic mass is 35.5. The SMILES string of the molecule is N#N.Nc1cc(Cl)ccc1O. The summed E-state index contributed by atoms with van der Waals surface area (Å²) in [6, 6.07) is 4.53. The van der Waals surface area contributed by atoms with Gasteiger partial charge in [0.05, 0.1) is 5.69 Å². The first-order valence-electron chi connectivity index (χ1n) is 2.64. The normalized spacial score (nSPS) is 7.91. The Bertz CT molecular complexity index is 261. The lowest BCUT2D eigenvalue weighted by molar-refractivity contribution is 0.478. The summed E-state index contributed by atoms with van der Waals surface area (Å²) in [5.41, 5.74) is 5.59. The van der Waals surface area contributed by atoms with Crippen LogP contribution in [0.5, 0.6) is 5.75 Å². The minimum absolute atomic E-state index is 0.0689. The number of benzene rings is 1. The van der Waals surface area contributed by atoms with Crippen molar-refractivity contribution < 1.29 is 5.11 Å². The Labute approximate surface area is 68.6 Å². The highest BCUT2D eigenvalue weighted by Gasteiger charge is 1.93. The zero-order valence-electron chi connectivity index (χ0n) is 5.53. The molecule has 0 aromatic heterocycles. The first-order valence-corrected chi connectivity index (χ1v) is 3.02. The van der Waals surface area contributed by atoms with Crippen LogP contribution in [0.3, 0.4) is 0 Å². The Morgan fingerprint density at radius 2 is 1.91 bits per heavy atom. The highest BCUT2D eigenvalue weighted by Crippen LogP contribution is 2.22. The Morgan fingerprint density at radius 1 is 1.36 bits per heavy atom. The molecule has 0 heterocycles. The number of halogens is 1. The van der Waals surface area contributed by atoms with Crippen LogP contribution >= 0.6 is 11.6 Å². The summed E-state index contributed by atoms with van der Waals surface area (Å²) in [7, 11) is 0. The smallest absolute Gasteiger partial charge is 0.138 e. The topological polar surface area (TPSA) is 93.8 Å². The van der Waals surface area contributed by atoms with Crippen molar-refractivity contribution in [2.75, 3.05) is 5.73 Å². The van der Waals surface area contributed by atoms with Gasteiger partial charge in [-0.2, -0.15) is 0 Å². The predicted octanol–water partition coefficient (Wildman–Crippen LogP) is 1.66. The fourth-order valence-electron chi connectivity index (χ4n) is 0.525. The molecule has 1 aromatic rings. The number of hydrogen-bond acceptors (Lipinski definition) is 4. The minimum atomic E-state index is 0.0689. The maximum absolute atomic E-state index is 8.86. The maximum atomic E-state index is 8.86.